The Kier molecular flexibility index (Phi) is 3.22. The van der Waals surface area contributed by atoms with Crippen LogP contribution in [0.15, 0.2) is 42.6 Å². The maximum Gasteiger partial charge on any atom is 0.222 e. The number of hydrogen-bond donors (Lipinski definition) is 0. The van der Waals surface area contributed by atoms with E-state index in [4.69, 9.17) is 21.1 Å². The van der Waals surface area contributed by atoms with Crippen LogP contribution in [-0.4, -0.2) is 18.2 Å². The van der Waals surface area contributed by atoms with Crippen LogP contribution >= 0.6 is 11.6 Å². The number of benzene rings is 1. The number of nitrogens with zero attached hydrogens (tertiary/aromatic N) is 1. The van der Waals surface area contributed by atoms with Gasteiger partial charge in [0.1, 0.15) is 11.0 Å². The van der Waals surface area contributed by atoms with Gasteiger partial charge in [-0.15, -0.1) is 0 Å². The molecule has 1 aromatic carbocycles. The molecule has 0 unspecified atom stereocenters. The van der Waals surface area contributed by atoms with Crippen molar-refractivity contribution in [2.24, 2.45) is 0 Å². The molecule has 1 aliphatic heterocycles. The van der Waals surface area contributed by atoms with Gasteiger partial charge in [-0.05, 0) is 24.3 Å². The van der Waals surface area contributed by atoms with Crippen LogP contribution in [0, 0.1) is 5.82 Å². The molecule has 3 nitrogen and oxygen atoms in total. The minimum absolute atomic E-state index is 0.301. The molecule has 2 aromatic rings. The molecule has 0 N–H and O–H groups in total. The molecule has 19 heavy (non-hydrogen) atoms. The zero-order valence-corrected chi connectivity index (χ0v) is 10.7. The van der Waals surface area contributed by atoms with E-state index in [-0.39, 0.29) is 5.82 Å². The van der Waals surface area contributed by atoms with E-state index < -0.39 is 5.79 Å². The van der Waals surface area contributed by atoms with Crippen LogP contribution in [0.1, 0.15) is 11.1 Å². The summed E-state index contributed by atoms with van der Waals surface area (Å²) in [5.41, 5.74) is 1.48. The van der Waals surface area contributed by atoms with Crippen LogP contribution in [-0.2, 0) is 15.3 Å². The molecule has 1 fully saturated rings. The van der Waals surface area contributed by atoms with Crippen LogP contribution in [0.25, 0.3) is 0 Å². The molecule has 2 heterocycles. The van der Waals surface area contributed by atoms with Crippen LogP contribution in [0.2, 0.25) is 5.15 Å². The molecule has 0 radical (unpaired) electrons. The van der Waals surface area contributed by atoms with Crippen molar-refractivity contribution in [3.63, 3.8) is 0 Å². The van der Waals surface area contributed by atoms with Crippen molar-refractivity contribution in [1.82, 2.24) is 4.98 Å². The lowest BCUT2D eigenvalue weighted by atomic mass is 9.98. The second-order valence-corrected chi connectivity index (χ2v) is 4.57. The second kappa shape index (κ2) is 4.89. The number of ether oxygens (including phenoxy) is 2. The summed E-state index contributed by atoms with van der Waals surface area (Å²) in [5, 5.41) is 0.359. The van der Waals surface area contributed by atoms with E-state index >= 15 is 0 Å². The topological polar surface area (TPSA) is 31.4 Å². The van der Waals surface area contributed by atoms with Gasteiger partial charge in [-0.2, -0.15) is 0 Å². The molecule has 0 amide bonds. The van der Waals surface area contributed by atoms with Gasteiger partial charge in [0.05, 0.1) is 13.2 Å². The average molecular weight is 280 g/mol. The summed E-state index contributed by atoms with van der Waals surface area (Å²) < 4.78 is 24.6. The van der Waals surface area contributed by atoms with Crippen LogP contribution in [0.5, 0.6) is 0 Å². The maximum atomic E-state index is 13.1. The maximum absolute atomic E-state index is 13.1. The van der Waals surface area contributed by atoms with Crippen LogP contribution in [0.4, 0.5) is 4.39 Å². The molecule has 0 saturated carbocycles. The molecule has 0 aliphatic carbocycles. The Labute approximate surface area is 114 Å². The van der Waals surface area contributed by atoms with Crippen molar-refractivity contribution in [3.05, 3.63) is 64.7 Å². The minimum atomic E-state index is -1.03. The largest absolute Gasteiger partial charge is 0.340 e. The number of rotatable bonds is 2. The van der Waals surface area contributed by atoms with Crippen molar-refractivity contribution >= 4 is 11.6 Å². The third-order valence-electron chi connectivity index (χ3n) is 3.02. The number of halogens is 2. The Balaban J connectivity index is 2.11. The summed E-state index contributed by atoms with van der Waals surface area (Å²) >= 11 is 5.92. The van der Waals surface area contributed by atoms with E-state index in [9.17, 15) is 4.39 Å². The first-order chi connectivity index (χ1) is 9.21. The quantitative estimate of drug-likeness (QED) is 0.792. The number of hydrogen-bond acceptors (Lipinski definition) is 3. The Morgan fingerprint density at radius 1 is 1.05 bits per heavy atom. The fraction of sp³-hybridized carbons (Fsp3) is 0.214. The average Bonchev–Trinajstić information content (AvgIpc) is 2.90. The Morgan fingerprint density at radius 2 is 1.74 bits per heavy atom. The first kappa shape index (κ1) is 12.5. The molecule has 1 saturated heterocycles. The molecule has 0 atom stereocenters. The summed E-state index contributed by atoms with van der Waals surface area (Å²) in [6.45, 7) is 0.939. The van der Waals surface area contributed by atoms with Gasteiger partial charge in [0.2, 0.25) is 5.79 Å². The summed E-state index contributed by atoms with van der Waals surface area (Å²) in [5.74, 6) is -1.33. The van der Waals surface area contributed by atoms with Crippen molar-refractivity contribution in [2.75, 3.05) is 13.2 Å². The lowest BCUT2D eigenvalue weighted by Crippen LogP contribution is -2.28. The Bertz CT molecular complexity index is 582. The third-order valence-corrected chi connectivity index (χ3v) is 3.23. The van der Waals surface area contributed by atoms with Gasteiger partial charge in [0.15, 0.2) is 0 Å². The second-order valence-electron chi connectivity index (χ2n) is 4.19. The highest BCUT2D eigenvalue weighted by Gasteiger charge is 2.40. The van der Waals surface area contributed by atoms with E-state index in [2.05, 4.69) is 4.98 Å². The van der Waals surface area contributed by atoms with Gasteiger partial charge < -0.3 is 9.47 Å². The fourth-order valence-electron chi connectivity index (χ4n) is 2.19. The van der Waals surface area contributed by atoms with Crippen molar-refractivity contribution < 1.29 is 13.9 Å². The van der Waals surface area contributed by atoms with Gasteiger partial charge >= 0.3 is 0 Å². The van der Waals surface area contributed by atoms with E-state index in [0.29, 0.717) is 18.4 Å². The third kappa shape index (κ3) is 2.23. The Morgan fingerprint density at radius 3 is 2.37 bits per heavy atom. The van der Waals surface area contributed by atoms with Gasteiger partial charge in [-0.3, -0.25) is 0 Å². The highest BCUT2D eigenvalue weighted by atomic mass is 35.5. The number of aromatic nitrogens is 1. The van der Waals surface area contributed by atoms with Gasteiger partial charge in [0.25, 0.3) is 0 Å². The number of pyridine rings is 1. The molecular formula is C14H11ClFNO2. The lowest BCUT2D eigenvalue weighted by Gasteiger charge is -2.28. The first-order valence-electron chi connectivity index (χ1n) is 5.87. The lowest BCUT2D eigenvalue weighted by molar-refractivity contribution is -0.130. The van der Waals surface area contributed by atoms with Crippen LogP contribution < -0.4 is 0 Å². The standard InChI is InChI=1S/C14H11ClFNO2/c15-13-9-11(5-6-17-13)14(18-7-8-19-14)10-1-3-12(16)4-2-10/h1-6,9H,7-8H2. The van der Waals surface area contributed by atoms with Crippen molar-refractivity contribution in [3.8, 4) is 0 Å². The van der Waals surface area contributed by atoms with Crippen molar-refractivity contribution in [1.29, 1.82) is 0 Å². The molecule has 1 aromatic heterocycles. The summed E-state index contributed by atoms with van der Waals surface area (Å²) in [4.78, 5) is 3.94. The molecule has 3 rings (SSSR count). The van der Waals surface area contributed by atoms with E-state index in [1.54, 1.807) is 30.5 Å². The smallest absolute Gasteiger partial charge is 0.222 e. The molecule has 5 heteroatoms. The zero-order chi connectivity index (χ0) is 13.3. The normalized spacial score (nSPS) is 17.6. The molecule has 0 spiro atoms. The van der Waals surface area contributed by atoms with Crippen molar-refractivity contribution in [2.45, 2.75) is 5.79 Å². The predicted octanol–water partition coefficient (Wildman–Crippen LogP) is 3.12. The van der Waals surface area contributed by atoms with Gasteiger partial charge in [-0.1, -0.05) is 23.7 Å². The Hall–Kier alpha value is -1.49. The first-order valence-corrected chi connectivity index (χ1v) is 6.24. The monoisotopic (exact) mass is 279 g/mol. The summed E-state index contributed by atoms with van der Waals surface area (Å²) in [7, 11) is 0. The van der Waals surface area contributed by atoms with E-state index in [1.165, 1.54) is 12.1 Å². The summed E-state index contributed by atoms with van der Waals surface area (Å²) in [6, 6.07) is 9.52. The molecule has 1 aliphatic rings. The molecular weight excluding hydrogens is 269 g/mol. The van der Waals surface area contributed by atoms with Crippen LogP contribution in [0.3, 0.4) is 0 Å². The summed E-state index contributed by atoms with van der Waals surface area (Å²) in [6.07, 6.45) is 1.59. The SMILES string of the molecule is Fc1ccc(C2(c3ccnc(Cl)c3)OCCO2)cc1. The zero-order valence-electron chi connectivity index (χ0n) is 9.98. The predicted molar refractivity (Wildman–Crippen MR) is 68.3 cm³/mol. The van der Waals surface area contributed by atoms with E-state index in [0.717, 1.165) is 11.1 Å². The highest BCUT2D eigenvalue weighted by Crippen LogP contribution is 2.38. The highest BCUT2D eigenvalue weighted by molar-refractivity contribution is 6.29. The fourth-order valence-corrected chi connectivity index (χ4v) is 2.36. The van der Waals surface area contributed by atoms with Gasteiger partial charge in [-0.25, -0.2) is 9.37 Å². The van der Waals surface area contributed by atoms with E-state index in [1.807, 2.05) is 0 Å². The van der Waals surface area contributed by atoms with Gasteiger partial charge in [0, 0.05) is 17.3 Å². The minimum Gasteiger partial charge on any atom is -0.340 e. The molecule has 0 bridgehead atoms. The molecule has 98 valence electrons.